The summed E-state index contributed by atoms with van der Waals surface area (Å²) >= 11 is 0. The van der Waals surface area contributed by atoms with Crippen molar-refractivity contribution in [2.24, 2.45) is 0 Å². The number of carbonyl (C=O) groups excluding carboxylic acids is 3. The number of esters is 2. The molecule has 0 fully saturated rings. The average molecular weight is 318 g/mol. The molecule has 2 aromatic rings. The molecule has 1 amide bonds. The highest BCUT2D eigenvalue weighted by atomic mass is 16.5. The molecule has 1 aromatic carbocycles. The number of ether oxygens (including phenoxy) is 2. The summed E-state index contributed by atoms with van der Waals surface area (Å²) in [5.41, 5.74) is 0.178. The average Bonchev–Trinajstić information content (AvgIpc) is 2.95. The Hall–Kier alpha value is -2.83. The van der Waals surface area contributed by atoms with Gasteiger partial charge in [0.25, 0.3) is 0 Å². The quantitative estimate of drug-likeness (QED) is 0.832. The second-order valence-electron chi connectivity index (χ2n) is 5.25. The highest BCUT2D eigenvalue weighted by Crippen LogP contribution is 2.30. The molecule has 7 heteroatoms. The molecule has 0 saturated heterocycles. The van der Waals surface area contributed by atoms with Crippen molar-refractivity contribution in [1.29, 1.82) is 0 Å². The summed E-state index contributed by atoms with van der Waals surface area (Å²) in [6.45, 7) is 2.86. The van der Waals surface area contributed by atoms with Crippen molar-refractivity contribution < 1.29 is 23.9 Å². The van der Waals surface area contributed by atoms with E-state index in [9.17, 15) is 14.4 Å². The Labute approximate surface area is 133 Å². The van der Waals surface area contributed by atoms with E-state index in [1.165, 1.54) is 21.1 Å². The van der Waals surface area contributed by atoms with E-state index in [0.717, 1.165) is 0 Å². The van der Waals surface area contributed by atoms with Gasteiger partial charge in [-0.05, 0) is 25.1 Å². The maximum atomic E-state index is 12.2. The minimum Gasteiger partial charge on any atom is -0.467 e. The lowest BCUT2D eigenvalue weighted by atomic mass is 9.91. The Balaban J connectivity index is 2.65. The smallest absolute Gasteiger partial charge is 0.337 e. The molecule has 0 aliphatic rings. The highest BCUT2D eigenvalue weighted by molar-refractivity contribution is 5.99. The number of methoxy groups -OCH3 is 2. The van der Waals surface area contributed by atoms with E-state index in [-0.39, 0.29) is 5.91 Å². The lowest BCUT2D eigenvalue weighted by Gasteiger charge is -2.27. The van der Waals surface area contributed by atoms with E-state index in [4.69, 9.17) is 9.47 Å². The number of carbonyl (C=O) groups is 3. The number of nitrogens with one attached hydrogen (secondary N) is 2. The van der Waals surface area contributed by atoms with Crippen LogP contribution in [-0.4, -0.2) is 37.0 Å². The van der Waals surface area contributed by atoms with Gasteiger partial charge < -0.3 is 19.8 Å². The number of aromatic nitrogens is 1. The van der Waals surface area contributed by atoms with Crippen LogP contribution in [0.2, 0.25) is 0 Å². The lowest BCUT2D eigenvalue weighted by molar-refractivity contribution is -0.150. The maximum absolute atomic E-state index is 12.2. The molecule has 1 aromatic heterocycles. The summed E-state index contributed by atoms with van der Waals surface area (Å²) in [4.78, 5) is 38.5. The van der Waals surface area contributed by atoms with Crippen molar-refractivity contribution in [1.82, 2.24) is 10.3 Å². The predicted molar refractivity (Wildman–Crippen MR) is 82.8 cm³/mol. The van der Waals surface area contributed by atoms with Crippen LogP contribution in [0, 0.1) is 0 Å². The Kier molecular flexibility index (Phi) is 4.40. The second kappa shape index (κ2) is 6.12. The van der Waals surface area contributed by atoms with Crippen molar-refractivity contribution in [2.75, 3.05) is 14.2 Å². The third-order valence-corrected chi connectivity index (χ3v) is 3.66. The van der Waals surface area contributed by atoms with Crippen LogP contribution in [-0.2, 0) is 24.6 Å². The minimum atomic E-state index is -1.38. The first-order valence-corrected chi connectivity index (χ1v) is 6.90. The van der Waals surface area contributed by atoms with Gasteiger partial charge in [0, 0.05) is 29.6 Å². The number of hydrogen-bond donors (Lipinski definition) is 2. The number of benzene rings is 1. The van der Waals surface area contributed by atoms with E-state index in [0.29, 0.717) is 22.0 Å². The van der Waals surface area contributed by atoms with Gasteiger partial charge in [-0.15, -0.1) is 0 Å². The number of aromatic amines is 1. The summed E-state index contributed by atoms with van der Waals surface area (Å²) in [5, 5.41) is 3.23. The Morgan fingerprint density at radius 2 is 1.87 bits per heavy atom. The first kappa shape index (κ1) is 16.5. The van der Waals surface area contributed by atoms with Crippen molar-refractivity contribution in [3.8, 4) is 0 Å². The molecule has 0 saturated carbocycles. The van der Waals surface area contributed by atoms with Crippen molar-refractivity contribution in [3.05, 3.63) is 35.5 Å². The molecule has 0 aliphatic carbocycles. The van der Waals surface area contributed by atoms with Gasteiger partial charge in [-0.1, -0.05) is 0 Å². The Bertz CT molecular complexity index is 780. The zero-order valence-corrected chi connectivity index (χ0v) is 13.4. The molecular formula is C16H18N2O5. The third-order valence-electron chi connectivity index (χ3n) is 3.66. The molecule has 0 spiro atoms. The van der Waals surface area contributed by atoms with Crippen LogP contribution in [0.5, 0.6) is 0 Å². The van der Waals surface area contributed by atoms with Crippen molar-refractivity contribution >= 4 is 28.7 Å². The molecule has 122 valence electrons. The SMILES string of the molecule is COC(=O)c1ccc2[nH]cc(C(C)(NC(C)=O)C(=O)OC)c2c1. The van der Waals surface area contributed by atoms with Crippen LogP contribution in [0.25, 0.3) is 10.9 Å². The lowest BCUT2D eigenvalue weighted by Crippen LogP contribution is -2.49. The molecule has 2 rings (SSSR count). The molecule has 1 unspecified atom stereocenters. The summed E-state index contributed by atoms with van der Waals surface area (Å²) in [6.07, 6.45) is 1.61. The third kappa shape index (κ3) is 2.90. The van der Waals surface area contributed by atoms with E-state index < -0.39 is 17.5 Å². The van der Waals surface area contributed by atoms with E-state index in [1.54, 1.807) is 31.3 Å². The summed E-state index contributed by atoms with van der Waals surface area (Å²) in [5.74, 6) is -1.48. The van der Waals surface area contributed by atoms with Crippen LogP contribution in [0.15, 0.2) is 24.4 Å². The van der Waals surface area contributed by atoms with Gasteiger partial charge in [-0.25, -0.2) is 9.59 Å². The van der Waals surface area contributed by atoms with Crippen LogP contribution in [0.3, 0.4) is 0 Å². The van der Waals surface area contributed by atoms with Gasteiger partial charge in [0.2, 0.25) is 5.91 Å². The van der Waals surface area contributed by atoms with Gasteiger partial charge in [0.1, 0.15) is 0 Å². The van der Waals surface area contributed by atoms with Crippen LogP contribution >= 0.6 is 0 Å². The fourth-order valence-electron chi connectivity index (χ4n) is 2.56. The number of amides is 1. The fourth-order valence-corrected chi connectivity index (χ4v) is 2.56. The van der Waals surface area contributed by atoms with Crippen molar-refractivity contribution in [3.63, 3.8) is 0 Å². The molecule has 0 aliphatic heterocycles. The van der Waals surface area contributed by atoms with Gasteiger partial charge >= 0.3 is 11.9 Å². The monoisotopic (exact) mass is 318 g/mol. The van der Waals surface area contributed by atoms with E-state index in [1.807, 2.05) is 0 Å². The maximum Gasteiger partial charge on any atom is 0.337 e. The molecule has 23 heavy (non-hydrogen) atoms. The van der Waals surface area contributed by atoms with Gasteiger partial charge in [0.15, 0.2) is 5.54 Å². The van der Waals surface area contributed by atoms with E-state index in [2.05, 4.69) is 10.3 Å². The normalized spacial score (nSPS) is 13.2. The summed E-state index contributed by atoms with van der Waals surface area (Å²) < 4.78 is 9.54. The van der Waals surface area contributed by atoms with Gasteiger partial charge in [0.05, 0.1) is 19.8 Å². The van der Waals surface area contributed by atoms with Crippen LogP contribution in [0.4, 0.5) is 0 Å². The number of H-pyrrole nitrogens is 1. The highest BCUT2D eigenvalue weighted by Gasteiger charge is 2.39. The van der Waals surface area contributed by atoms with Gasteiger partial charge in [-0.2, -0.15) is 0 Å². The topological polar surface area (TPSA) is 97.5 Å². The molecule has 2 N–H and O–H groups in total. The zero-order chi connectivity index (χ0) is 17.2. The standard InChI is InChI=1S/C16H18N2O5/c1-9(19)18-16(2,15(21)23-4)12-8-17-13-6-5-10(7-11(12)13)14(20)22-3/h5-8,17H,1-4H3,(H,18,19). The first-order valence-electron chi connectivity index (χ1n) is 6.90. The Morgan fingerprint density at radius 1 is 1.17 bits per heavy atom. The van der Waals surface area contributed by atoms with Crippen LogP contribution < -0.4 is 5.32 Å². The summed E-state index contributed by atoms with van der Waals surface area (Å²) in [6, 6.07) is 4.93. The molecule has 1 atom stereocenters. The fraction of sp³-hybridized carbons (Fsp3) is 0.312. The zero-order valence-electron chi connectivity index (χ0n) is 13.4. The summed E-state index contributed by atoms with van der Waals surface area (Å²) in [7, 11) is 2.54. The molecule has 0 bridgehead atoms. The number of hydrogen-bond acceptors (Lipinski definition) is 5. The van der Waals surface area contributed by atoms with E-state index >= 15 is 0 Å². The van der Waals surface area contributed by atoms with Gasteiger partial charge in [-0.3, -0.25) is 4.79 Å². The molecule has 1 heterocycles. The molecular weight excluding hydrogens is 300 g/mol. The minimum absolute atomic E-state index is 0.343. The second-order valence-corrected chi connectivity index (χ2v) is 5.25. The Morgan fingerprint density at radius 3 is 2.43 bits per heavy atom. The number of fused-ring (bicyclic) bond motifs is 1. The first-order chi connectivity index (χ1) is 10.8. The van der Waals surface area contributed by atoms with Crippen LogP contribution in [0.1, 0.15) is 29.8 Å². The largest absolute Gasteiger partial charge is 0.467 e. The molecule has 7 nitrogen and oxygen atoms in total. The van der Waals surface area contributed by atoms with Crippen molar-refractivity contribution in [2.45, 2.75) is 19.4 Å². The number of rotatable bonds is 4. The predicted octanol–water partition coefficient (Wildman–Crippen LogP) is 1.48. The molecule has 0 radical (unpaired) electrons.